The van der Waals surface area contributed by atoms with Gasteiger partial charge >= 0.3 is 0 Å². The number of rotatable bonds is 8. The van der Waals surface area contributed by atoms with E-state index in [1.165, 1.54) is 31.4 Å². The second kappa shape index (κ2) is 9.17. The van der Waals surface area contributed by atoms with Crippen LogP contribution in [-0.2, 0) is 9.59 Å². The van der Waals surface area contributed by atoms with Gasteiger partial charge in [-0.15, -0.1) is 0 Å². The number of aliphatic hydroxyl groups is 1. The predicted molar refractivity (Wildman–Crippen MR) is 102 cm³/mol. The fourth-order valence-corrected chi connectivity index (χ4v) is 2.25. The van der Waals surface area contributed by atoms with Gasteiger partial charge in [0.15, 0.2) is 0 Å². The molecular formula is C19H18N2O7. The first kappa shape index (κ1) is 20.4. The second-order valence-corrected chi connectivity index (χ2v) is 5.45. The van der Waals surface area contributed by atoms with E-state index in [1.54, 1.807) is 12.1 Å². The number of hydrogen-bond acceptors (Lipinski definition) is 7. The van der Waals surface area contributed by atoms with Gasteiger partial charge in [-0.05, 0) is 37.3 Å². The van der Waals surface area contributed by atoms with Gasteiger partial charge in [-0.1, -0.05) is 0 Å². The lowest BCUT2D eigenvalue weighted by Crippen LogP contribution is -2.21. The molecule has 0 atom stereocenters. The zero-order valence-corrected chi connectivity index (χ0v) is 15.2. The van der Waals surface area contributed by atoms with Crippen molar-refractivity contribution in [1.29, 1.82) is 0 Å². The van der Waals surface area contributed by atoms with E-state index in [-0.39, 0.29) is 17.1 Å². The van der Waals surface area contributed by atoms with Gasteiger partial charge < -0.3 is 19.9 Å². The highest BCUT2D eigenvalue weighted by Crippen LogP contribution is 2.28. The normalized spacial score (nSPS) is 10.9. The number of methoxy groups -OCH3 is 1. The van der Waals surface area contributed by atoms with Crippen LogP contribution >= 0.6 is 0 Å². The standard InChI is InChI=1S/C19H18N2O7/c1-3-28-14-7-4-12(5-8-14)16(22)11-17(23)19(24)20-15-10-13(21(25)26)6-9-18(15)27-2/h4-11,22H,3H2,1-2H3,(H,20,24)/b16-11-. The van der Waals surface area contributed by atoms with E-state index in [2.05, 4.69) is 5.32 Å². The van der Waals surface area contributed by atoms with E-state index in [9.17, 15) is 24.8 Å². The summed E-state index contributed by atoms with van der Waals surface area (Å²) < 4.78 is 10.3. The van der Waals surface area contributed by atoms with Crippen molar-refractivity contribution in [2.24, 2.45) is 0 Å². The van der Waals surface area contributed by atoms with Gasteiger partial charge in [-0.3, -0.25) is 19.7 Å². The number of benzene rings is 2. The number of ketones is 1. The molecule has 2 aromatic rings. The Balaban J connectivity index is 2.16. The first-order valence-electron chi connectivity index (χ1n) is 8.17. The number of aliphatic hydroxyl groups excluding tert-OH is 1. The number of nitrogens with one attached hydrogen (secondary N) is 1. The van der Waals surface area contributed by atoms with Gasteiger partial charge in [0.25, 0.3) is 11.6 Å². The number of carbonyl (C=O) groups excluding carboxylic acids is 2. The topological polar surface area (TPSA) is 128 Å². The number of nitro benzene ring substituents is 1. The molecule has 0 aliphatic carbocycles. The molecule has 0 fully saturated rings. The summed E-state index contributed by atoms with van der Waals surface area (Å²) in [6.07, 6.45) is 0.759. The molecule has 0 spiro atoms. The van der Waals surface area contributed by atoms with E-state index < -0.39 is 22.4 Å². The average Bonchev–Trinajstić information content (AvgIpc) is 2.68. The van der Waals surface area contributed by atoms with E-state index in [0.717, 1.165) is 12.1 Å². The number of amides is 1. The van der Waals surface area contributed by atoms with Crippen molar-refractivity contribution in [3.8, 4) is 11.5 Å². The Hall–Kier alpha value is -3.88. The third-order valence-corrected chi connectivity index (χ3v) is 3.59. The maximum Gasteiger partial charge on any atom is 0.296 e. The number of nitrogens with zero attached hydrogens (tertiary/aromatic N) is 1. The third-order valence-electron chi connectivity index (χ3n) is 3.59. The Bertz CT molecular complexity index is 920. The van der Waals surface area contributed by atoms with Gasteiger partial charge in [-0.25, -0.2) is 0 Å². The maximum atomic E-state index is 12.1. The number of carbonyl (C=O) groups is 2. The van der Waals surface area contributed by atoms with Crippen LogP contribution in [0.2, 0.25) is 0 Å². The monoisotopic (exact) mass is 386 g/mol. The molecule has 0 unspecified atom stereocenters. The molecule has 0 heterocycles. The highest BCUT2D eigenvalue weighted by Gasteiger charge is 2.18. The summed E-state index contributed by atoms with van der Waals surface area (Å²) in [5, 5.41) is 23.2. The number of nitro groups is 1. The predicted octanol–water partition coefficient (Wildman–Crippen LogP) is 3.11. The van der Waals surface area contributed by atoms with Crippen LogP contribution in [-0.4, -0.2) is 35.4 Å². The van der Waals surface area contributed by atoms with Gasteiger partial charge in [0.05, 0.1) is 24.3 Å². The molecule has 2 N–H and O–H groups in total. The Morgan fingerprint density at radius 3 is 2.46 bits per heavy atom. The number of hydrogen-bond donors (Lipinski definition) is 2. The average molecular weight is 386 g/mol. The molecule has 0 aromatic heterocycles. The van der Waals surface area contributed by atoms with Gasteiger partial charge in [0.1, 0.15) is 17.3 Å². The first-order valence-corrected chi connectivity index (χ1v) is 8.17. The highest BCUT2D eigenvalue weighted by atomic mass is 16.6. The summed E-state index contributed by atoms with van der Waals surface area (Å²) in [5.41, 5.74) is -0.00198. The van der Waals surface area contributed by atoms with Crippen molar-refractivity contribution in [1.82, 2.24) is 0 Å². The minimum absolute atomic E-state index is 0.0380. The maximum absolute atomic E-state index is 12.1. The fraction of sp³-hybridized carbons (Fsp3) is 0.158. The molecule has 0 aliphatic rings. The van der Waals surface area contributed by atoms with Crippen molar-refractivity contribution in [3.63, 3.8) is 0 Å². The summed E-state index contributed by atoms with van der Waals surface area (Å²) in [5.74, 6) is -1.79. The zero-order valence-electron chi connectivity index (χ0n) is 15.2. The fourth-order valence-electron chi connectivity index (χ4n) is 2.25. The van der Waals surface area contributed by atoms with Gasteiger partial charge in [0.2, 0.25) is 5.78 Å². The Kier molecular flexibility index (Phi) is 6.69. The summed E-state index contributed by atoms with van der Waals surface area (Å²) in [6.45, 7) is 2.32. The van der Waals surface area contributed by atoms with Gasteiger partial charge in [0, 0.05) is 23.8 Å². The van der Waals surface area contributed by atoms with Crippen molar-refractivity contribution in [3.05, 3.63) is 64.2 Å². The SMILES string of the molecule is CCOc1ccc(/C(O)=C/C(=O)C(=O)Nc2cc([N+](=O)[O-])ccc2OC)cc1. The molecule has 9 nitrogen and oxygen atoms in total. The molecule has 1 amide bonds. The van der Waals surface area contributed by atoms with Crippen molar-refractivity contribution < 1.29 is 29.1 Å². The summed E-state index contributed by atoms with van der Waals surface area (Å²) in [6, 6.07) is 9.86. The molecule has 9 heteroatoms. The molecular weight excluding hydrogens is 368 g/mol. The molecule has 2 rings (SSSR count). The second-order valence-electron chi connectivity index (χ2n) is 5.45. The van der Waals surface area contributed by atoms with E-state index in [0.29, 0.717) is 17.9 Å². The molecule has 0 radical (unpaired) electrons. The van der Waals surface area contributed by atoms with Crippen LogP contribution in [0.15, 0.2) is 48.5 Å². The molecule has 28 heavy (non-hydrogen) atoms. The number of anilines is 1. The van der Waals surface area contributed by atoms with E-state index in [4.69, 9.17) is 9.47 Å². The molecule has 0 saturated carbocycles. The molecule has 146 valence electrons. The first-order chi connectivity index (χ1) is 13.3. The summed E-state index contributed by atoms with van der Waals surface area (Å²) in [7, 11) is 1.32. The Labute approximate surface area is 160 Å². The molecule has 0 saturated heterocycles. The summed E-state index contributed by atoms with van der Waals surface area (Å²) >= 11 is 0. The third kappa shape index (κ3) is 5.07. The van der Waals surface area contributed by atoms with Crippen LogP contribution in [0.4, 0.5) is 11.4 Å². The smallest absolute Gasteiger partial charge is 0.296 e. The Morgan fingerprint density at radius 1 is 1.21 bits per heavy atom. The van der Waals surface area contributed by atoms with Crippen LogP contribution in [0, 0.1) is 10.1 Å². The van der Waals surface area contributed by atoms with Crippen LogP contribution in [0.3, 0.4) is 0 Å². The summed E-state index contributed by atoms with van der Waals surface area (Å²) in [4.78, 5) is 34.4. The van der Waals surface area contributed by atoms with Crippen LogP contribution < -0.4 is 14.8 Å². The lowest BCUT2D eigenvalue weighted by Gasteiger charge is -2.09. The minimum atomic E-state index is -1.09. The number of ether oxygens (including phenoxy) is 2. The van der Waals surface area contributed by atoms with Crippen LogP contribution in [0.25, 0.3) is 5.76 Å². The quantitative estimate of drug-likeness (QED) is 0.234. The molecule has 0 aliphatic heterocycles. The molecule has 0 bridgehead atoms. The lowest BCUT2D eigenvalue weighted by molar-refractivity contribution is -0.384. The van der Waals surface area contributed by atoms with Crippen LogP contribution in [0.1, 0.15) is 12.5 Å². The largest absolute Gasteiger partial charge is 0.507 e. The minimum Gasteiger partial charge on any atom is -0.507 e. The zero-order chi connectivity index (χ0) is 20.7. The van der Waals surface area contributed by atoms with Crippen molar-refractivity contribution in [2.45, 2.75) is 6.92 Å². The van der Waals surface area contributed by atoms with Crippen LogP contribution in [0.5, 0.6) is 11.5 Å². The van der Waals surface area contributed by atoms with Crippen molar-refractivity contribution >= 4 is 28.8 Å². The number of non-ortho nitro benzene ring substituents is 1. The lowest BCUT2D eigenvalue weighted by atomic mass is 10.1. The van der Waals surface area contributed by atoms with Gasteiger partial charge in [-0.2, -0.15) is 0 Å². The van der Waals surface area contributed by atoms with Crippen molar-refractivity contribution in [2.75, 3.05) is 19.0 Å². The Morgan fingerprint density at radius 2 is 1.89 bits per heavy atom. The van der Waals surface area contributed by atoms with E-state index >= 15 is 0 Å². The van der Waals surface area contributed by atoms with E-state index in [1.807, 2.05) is 6.92 Å². The highest BCUT2D eigenvalue weighted by molar-refractivity contribution is 6.45. The molecule has 2 aromatic carbocycles.